The predicted octanol–water partition coefficient (Wildman–Crippen LogP) is 2.60. The van der Waals surface area contributed by atoms with Crippen molar-refractivity contribution < 1.29 is 0 Å². The minimum absolute atomic E-state index is 0.0871. The minimum Gasteiger partial charge on any atom is -0.294 e. The molecule has 0 saturated carbocycles. The van der Waals surface area contributed by atoms with Crippen LogP contribution >= 0.6 is 15.9 Å². The Kier molecular flexibility index (Phi) is 3.13. The third-order valence-electron chi connectivity index (χ3n) is 2.94. The maximum absolute atomic E-state index is 12.0. The van der Waals surface area contributed by atoms with Crippen molar-refractivity contribution in [3.63, 3.8) is 0 Å². The molecule has 5 heteroatoms. The summed E-state index contributed by atoms with van der Waals surface area (Å²) in [6, 6.07) is 9.81. The summed E-state index contributed by atoms with van der Waals surface area (Å²) < 4.78 is 2.04. The average molecular weight is 316 g/mol. The fourth-order valence-corrected chi connectivity index (χ4v) is 2.36. The molecule has 2 aromatic heterocycles. The first-order valence-corrected chi connectivity index (χ1v) is 6.57. The van der Waals surface area contributed by atoms with Gasteiger partial charge < -0.3 is 0 Å². The Morgan fingerprint density at radius 3 is 2.95 bits per heavy atom. The lowest BCUT2D eigenvalue weighted by molar-refractivity contribution is 0.734. The van der Waals surface area contributed by atoms with E-state index < -0.39 is 0 Å². The van der Waals surface area contributed by atoms with Crippen LogP contribution in [0.5, 0.6) is 0 Å². The van der Waals surface area contributed by atoms with E-state index in [9.17, 15) is 4.79 Å². The number of hydrogen-bond donors (Lipinski definition) is 0. The fourth-order valence-electron chi connectivity index (χ4n) is 2.01. The molecule has 0 unspecified atom stereocenters. The third kappa shape index (κ3) is 2.29. The molecule has 0 fully saturated rings. The monoisotopic (exact) mass is 315 g/mol. The van der Waals surface area contributed by atoms with Crippen LogP contribution in [-0.4, -0.2) is 14.5 Å². The van der Waals surface area contributed by atoms with Crippen molar-refractivity contribution in [1.29, 1.82) is 0 Å². The molecule has 19 heavy (non-hydrogen) atoms. The second-order valence-electron chi connectivity index (χ2n) is 4.16. The second-order valence-corrected chi connectivity index (χ2v) is 5.02. The average Bonchev–Trinajstić information content (AvgIpc) is 2.44. The smallest absolute Gasteiger partial charge is 0.267 e. The summed E-state index contributed by atoms with van der Waals surface area (Å²) in [7, 11) is 0. The highest BCUT2D eigenvalue weighted by Crippen LogP contribution is 2.16. The van der Waals surface area contributed by atoms with Crippen LogP contribution in [0.3, 0.4) is 0 Å². The molecule has 0 aliphatic rings. The van der Waals surface area contributed by atoms with Crippen LogP contribution in [0.1, 0.15) is 5.56 Å². The van der Waals surface area contributed by atoms with Crippen molar-refractivity contribution in [2.24, 2.45) is 0 Å². The van der Waals surface area contributed by atoms with E-state index in [0.717, 1.165) is 16.5 Å². The summed E-state index contributed by atoms with van der Waals surface area (Å²) in [5.74, 6) is 0. The van der Waals surface area contributed by atoms with Gasteiger partial charge in [-0.3, -0.25) is 14.3 Å². The van der Waals surface area contributed by atoms with Crippen LogP contribution < -0.4 is 5.56 Å². The van der Waals surface area contributed by atoms with Gasteiger partial charge in [0.15, 0.2) is 0 Å². The molecule has 0 bridgehead atoms. The van der Waals surface area contributed by atoms with E-state index in [4.69, 9.17) is 0 Å². The molecular formula is C14H10BrN3O. The summed E-state index contributed by atoms with van der Waals surface area (Å²) in [6.07, 6.45) is 4.81. The minimum atomic E-state index is -0.0871. The Balaban J connectivity index is 2.11. The number of benzene rings is 1. The topological polar surface area (TPSA) is 47.8 Å². The molecule has 0 amide bonds. The number of para-hydroxylation sites is 1. The number of fused-ring (bicyclic) bond motifs is 1. The van der Waals surface area contributed by atoms with Crippen LogP contribution in [-0.2, 0) is 6.54 Å². The van der Waals surface area contributed by atoms with Crippen LogP contribution in [0.4, 0.5) is 0 Å². The molecule has 0 atom stereocenters. The van der Waals surface area contributed by atoms with E-state index in [-0.39, 0.29) is 5.56 Å². The van der Waals surface area contributed by atoms with Crippen LogP contribution in [0.2, 0.25) is 0 Å². The summed E-state index contributed by atoms with van der Waals surface area (Å²) in [5.41, 5.74) is 1.89. The molecule has 0 aliphatic carbocycles. The zero-order chi connectivity index (χ0) is 13.2. The zero-order valence-electron chi connectivity index (χ0n) is 9.95. The molecule has 0 aliphatic heterocycles. The normalized spacial score (nSPS) is 10.8. The molecule has 2 heterocycles. The predicted molar refractivity (Wildman–Crippen MR) is 77.0 cm³/mol. The van der Waals surface area contributed by atoms with E-state index in [1.165, 1.54) is 6.20 Å². The number of rotatable bonds is 2. The van der Waals surface area contributed by atoms with E-state index in [0.29, 0.717) is 11.0 Å². The molecule has 0 radical (unpaired) electrons. The molecule has 1 aromatic carbocycles. The number of aromatic nitrogens is 3. The highest BCUT2D eigenvalue weighted by Gasteiger charge is 2.05. The lowest BCUT2D eigenvalue weighted by Crippen LogP contribution is -2.21. The van der Waals surface area contributed by atoms with Gasteiger partial charge in [0.05, 0.1) is 18.4 Å². The molecule has 3 rings (SSSR count). The highest BCUT2D eigenvalue weighted by atomic mass is 79.9. The number of halogens is 1. The van der Waals surface area contributed by atoms with Gasteiger partial charge in [-0.25, -0.2) is 4.98 Å². The maximum Gasteiger partial charge on any atom is 0.267 e. The first kappa shape index (κ1) is 12.0. The van der Waals surface area contributed by atoms with E-state index in [1.807, 2.05) is 30.3 Å². The zero-order valence-corrected chi connectivity index (χ0v) is 11.5. The first-order chi connectivity index (χ1) is 9.25. The molecule has 3 aromatic rings. The van der Waals surface area contributed by atoms with E-state index >= 15 is 0 Å². The van der Waals surface area contributed by atoms with Gasteiger partial charge in [0.2, 0.25) is 0 Å². The van der Waals surface area contributed by atoms with E-state index in [2.05, 4.69) is 25.9 Å². The van der Waals surface area contributed by atoms with Crippen LogP contribution in [0, 0.1) is 0 Å². The van der Waals surface area contributed by atoms with Crippen molar-refractivity contribution in [3.05, 3.63) is 69.4 Å². The summed E-state index contributed by atoms with van der Waals surface area (Å²) in [5, 5.41) is 1.05. The van der Waals surface area contributed by atoms with Gasteiger partial charge in [-0.15, -0.1) is 0 Å². The largest absolute Gasteiger partial charge is 0.294 e. The first-order valence-electron chi connectivity index (χ1n) is 5.78. The van der Waals surface area contributed by atoms with Gasteiger partial charge in [0.25, 0.3) is 5.56 Å². The van der Waals surface area contributed by atoms with Crippen molar-refractivity contribution in [2.45, 2.75) is 6.54 Å². The van der Waals surface area contributed by atoms with Gasteiger partial charge in [-0.2, -0.15) is 0 Å². The van der Waals surface area contributed by atoms with Gasteiger partial charge in [-0.05, 0) is 33.6 Å². The number of hydrogen-bond acceptors (Lipinski definition) is 3. The summed E-state index contributed by atoms with van der Waals surface area (Å²) >= 11 is 3.20. The van der Waals surface area contributed by atoms with Crippen molar-refractivity contribution >= 4 is 26.8 Å². The fraction of sp³-hybridized carbons (Fsp3) is 0.0714. The maximum atomic E-state index is 12.0. The Morgan fingerprint density at radius 2 is 2.05 bits per heavy atom. The Bertz CT molecular complexity index is 793. The van der Waals surface area contributed by atoms with Gasteiger partial charge >= 0.3 is 0 Å². The molecular weight excluding hydrogens is 306 g/mol. The van der Waals surface area contributed by atoms with Crippen LogP contribution in [0.25, 0.3) is 10.9 Å². The molecule has 94 valence electrons. The van der Waals surface area contributed by atoms with Crippen molar-refractivity contribution in [2.75, 3.05) is 0 Å². The molecule has 0 saturated heterocycles. The molecule has 0 spiro atoms. The van der Waals surface area contributed by atoms with Gasteiger partial charge in [-0.1, -0.05) is 18.2 Å². The Hall–Kier alpha value is -2.01. The summed E-state index contributed by atoms with van der Waals surface area (Å²) in [4.78, 5) is 20.3. The van der Waals surface area contributed by atoms with Crippen LogP contribution in [0.15, 0.2) is 58.3 Å². The summed E-state index contributed by atoms with van der Waals surface area (Å²) in [6.45, 7) is 0.480. The third-order valence-corrected chi connectivity index (χ3v) is 3.48. The molecule has 4 nitrogen and oxygen atoms in total. The lowest BCUT2D eigenvalue weighted by atomic mass is 10.1. The Morgan fingerprint density at radius 1 is 1.21 bits per heavy atom. The lowest BCUT2D eigenvalue weighted by Gasteiger charge is -2.08. The highest BCUT2D eigenvalue weighted by molar-refractivity contribution is 9.10. The van der Waals surface area contributed by atoms with Gasteiger partial charge in [0.1, 0.15) is 4.47 Å². The van der Waals surface area contributed by atoms with Crippen molar-refractivity contribution in [3.8, 4) is 0 Å². The Labute approximate surface area is 117 Å². The SMILES string of the molecule is O=c1c(Br)cncn1Cc1ccnc2ccccc12. The quantitative estimate of drug-likeness (QED) is 0.730. The number of pyridine rings is 1. The number of nitrogens with zero attached hydrogens (tertiary/aromatic N) is 3. The molecule has 0 N–H and O–H groups in total. The van der Waals surface area contributed by atoms with E-state index in [1.54, 1.807) is 17.1 Å². The standard InChI is InChI=1S/C14H10BrN3O/c15-12-7-16-9-18(14(12)19)8-10-5-6-17-13-4-2-1-3-11(10)13/h1-7,9H,8H2. The second kappa shape index (κ2) is 4.93. The van der Waals surface area contributed by atoms with Gasteiger partial charge in [0, 0.05) is 17.8 Å². The van der Waals surface area contributed by atoms with Crippen molar-refractivity contribution in [1.82, 2.24) is 14.5 Å².